The van der Waals surface area contributed by atoms with E-state index >= 15 is 0 Å². The molecule has 0 aliphatic heterocycles. The Labute approximate surface area is 162 Å². The second-order valence-electron chi connectivity index (χ2n) is 8.23. The normalized spacial score (nSPS) is 13.1. The molecule has 0 bridgehead atoms. The Balaban J connectivity index is 1.95. The molecule has 27 heavy (non-hydrogen) atoms. The molecule has 6 heteroatoms. The summed E-state index contributed by atoms with van der Waals surface area (Å²) in [6.45, 7) is 10.3. The maximum absolute atomic E-state index is 12.4. The van der Waals surface area contributed by atoms with Crippen LogP contribution in [0.25, 0.3) is 0 Å². The predicted octanol–water partition coefficient (Wildman–Crippen LogP) is 4.60. The molecule has 2 aromatic rings. The first-order valence-electron chi connectivity index (χ1n) is 9.02. The lowest BCUT2D eigenvalue weighted by Crippen LogP contribution is -2.47. The molecular formula is C21H29NO4Si. The number of phenolic OH excluding ortho intramolecular Hbond substituents is 1. The second kappa shape index (κ2) is 8.15. The summed E-state index contributed by atoms with van der Waals surface area (Å²) in [6.07, 6.45) is 0.410. The number of rotatable bonds is 6. The number of carbonyl (C=O) groups excluding carboxylic acids is 1. The molecule has 2 aromatic carbocycles. The van der Waals surface area contributed by atoms with Gasteiger partial charge in [0.2, 0.25) is 0 Å². The Morgan fingerprint density at radius 3 is 2.00 bits per heavy atom. The largest absolute Gasteiger partial charge is 0.518 e. The summed E-state index contributed by atoms with van der Waals surface area (Å²) in [7, 11) is -2.17. The van der Waals surface area contributed by atoms with Gasteiger partial charge in [0.25, 0.3) is 8.32 Å². The minimum Gasteiger partial charge on any atom is -0.518 e. The molecule has 0 aliphatic rings. The van der Waals surface area contributed by atoms with Gasteiger partial charge in [-0.25, -0.2) is 0 Å². The van der Waals surface area contributed by atoms with Gasteiger partial charge in [0.15, 0.2) is 0 Å². The van der Waals surface area contributed by atoms with Crippen LogP contribution in [0.3, 0.4) is 0 Å². The molecule has 0 fully saturated rings. The molecular weight excluding hydrogens is 358 g/mol. The summed E-state index contributed by atoms with van der Waals surface area (Å²) in [4.78, 5) is 12.4. The van der Waals surface area contributed by atoms with Gasteiger partial charge < -0.3 is 20.0 Å². The van der Waals surface area contributed by atoms with E-state index in [0.29, 0.717) is 17.9 Å². The highest BCUT2D eigenvalue weighted by Gasteiger charge is 2.41. The van der Waals surface area contributed by atoms with Crippen molar-refractivity contribution in [2.24, 2.45) is 5.73 Å². The van der Waals surface area contributed by atoms with Crippen LogP contribution in [0.5, 0.6) is 17.2 Å². The molecule has 0 amide bonds. The van der Waals surface area contributed by atoms with Crippen LogP contribution < -0.4 is 10.5 Å². The smallest absolute Gasteiger partial charge is 0.309 e. The maximum atomic E-state index is 12.4. The van der Waals surface area contributed by atoms with Crippen LogP contribution in [0.4, 0.5) is 0 Å². The van der Waals surface area contributed by atoms with E-state index in [1.807, 2.05) is 37.4 Å². The van der Waals surface area contributed by atoms with E-state index in [-0.39, 0.29) is 16.8 Å². The molecule has 2 rings (SSSR count). The number of hydrogen-bond donors (Lipinski definition) is 2. The Bertz CT molecular complexity index is 764. The third kappa shape index (κ3) is 5.84. The molecule has 0 aliphatic carbocycles. The highest BCUT2D eigenvalue weighted by molar-refractivity contribution is 6.75. The van der Waals surface area contributed by atoms with Crippen LogP contribution in [0.15, 0.2) is 48.5 Å². The van der Waals surface area contributed by atoms with Crippen LogP contribution in [-0.4, -0.2) is 25.4 Å². The van der Waals surface area contributed by atoms with E-state index in [9.17, 15) is 9.90 Å². The van der Waals surface area contributed by atoms with Gasteiger partial charge in [-0.1, -0.05) is 32.9 Å². The molecule has 146 valence electrons. The molecule has 0 radical (unpaired) electrons. The molecule has 0 aromatic heterocycles. The molecule has 0 saturated heterocycles. The van der Waals surface area contributed by atoms with Gasteiger partial charge in [-0.2, -0.15) is 0 Å². The molecule has 0 heterocycles. The zero-order chi connectivity index (χ0) is 20.2. The van der Waals surface area contributed by atoms with Crippen molar-refractivity contribution in [2.75, 3.05) is 0 Å². The summed E-state index contributed by atoms with van der Waals surface area (Å²) in [5.74, 6) is 1.15. The Morgan fingerprint density at radius 1 is 1.04 bits per heavy atom. The maximum Gasteiger partial charge on any atom is 0.309 e. The zero-order valence-corrected chi connectivity index (χ0v) is 17.7. The molecule has 0 spiro atoms. The number of phenols is 1. The lowest BCUT2D eigenvalue weighted by molar-refractivity contribution is -0.136. The number of hydrogen-bond acceptors (Lipinski definition) is 5. The van der Waals surface area contributed by atoms with E-state index < -0.39 is 14.4 Å². The third-order valence-corrected chi connectivity index (χ3v) is 9.24. The predicted molar refractivity (Wildman–Crippen MR) is 110 cm³/mol. The summed E-state index contributed by atoms with van der Waals surface area (Å²) in [5, 5.41) is 9.25. The Morgan fingerprint density at radius 2 is 1.52 bits per heavy atom. The van der Waals surface area contributed by atoms with Crippen LogP contribution >= 0.6 is 0 Å². The van der Waals surface area contributed by atoms with Crippen molar-refractivity contribution in [1.29, 1.82) is 0 Å². The van der Waals surface area contributed by atoms with Crippen molar-refractivity contribution in [2.45, 2.75) is 51.4 Å². The fourth-order valence-corrected chi connectivity index (χ4v) is 3.12. The summed E-state index contributed by atoms with van der Waals surface area (Å²) in [6, 6.07) is 13.2. The highest BCUT2D eigenvalue weighted by atomic mass is 28.4. The van der Waals surface area contributed by atoms with Crippen LogP contribution in [0.1, 0.15) is 26.3 Å². The second-order valence-corrected chi connectivity index (χ2v) is 13.0. The average molecular weight is 388 g/mol. The Kier molecular flexibility index (Phi) is 6.33. The van der Waals surface area contributed by atoms with Gasteiger partial charge in [-0.3, -0.25) is 4.79 Å². The number of aromatic hydroxyl groups is 1. The lowest BCUT2D eigenvalue weighted by Gasteiger charge is -2.36. The van der Waals surface area contributed by atoms with Crippen LogP contribution in [0, 0.1) is 0 Å². The number of benzene rings is 2. The number of nitrogens with two attached hydrogens (primary N) is 1. The molecule has 1 unspecified atom stereocenters. The van der Waals surface area contributed by atoms with Gasteiger partial charge in [0.1, 0.15) is 23.3 Å². The van der Waals surface area contributed by atoms with Gasteiger partial charge >= 0.3 is 5.97 Å². The molecule has 5 nitrogen and oxygen atoms in total. The first-order chi connectivity index (χ1) is 12.5. The van der Waals surface area contributed by atoms with Crippen LogP contribution in [0.2, 0.25) is 18.1 Å². The van der Waals surface area contributed by atoms with E-state index in [1.54, 1.807) is 24.3 Å². The minimum atomic E-state index is -2.17. The van der Waals surface area contributed by atoms with Crippen molar-refractivity contribution in [3.63, 3.8) is 0 Å². The monoisotopic (exact) mass is 387 g/mol. The molecule has 1 atom stereocenters. The van der Waals surface area contributed by atoms with Gasteiger partial charge in [-0.15, -0.1) is 0 Å². The van der Waals surface area contributed by atoms with Gasteiger partial charge in [-0.05, 0) is 66.5 Å². The van der Waals surface area contributed by atoms with Crippen LogP contribution in [-0.2, 0) is 15.6 Å². The summed E-state index contributed by atoms with van der Waals surface area (Å²) >= 11 is 0. The van der Waals surface area contributed by atoms with Crippen molar-refractivity contribution in [3.05, 3.63) is 54.1 Å². The third-order valence-electron chi connectivity index (χ3n) is 4.92. The SMILES string of the molecule is CC(C)(C)[Si](C)(C)OC(=O)C(N)Cc1ccc(Oc2ccc(O)cc2)cc1. The summed E-state index contributed by atoms with van der Waals surface area (Å²) < 4.78 is 11.5. The van der Waals surface area contributed by atoms with Crippen molar-refractivity contribution in [1.82, 2.24) is 0 Å². The zero-order valence-electron chi connectivity index (χ0n) is 16.7. The van der Waals surface area contributed by atoms with Gasteiger partial charge in [0, 0.05) is 0 Å². The van der Waals surface area contributed by atoms with Crippen molar-refractivity contribution < 1.29 is 19.1 Å². The number of ether oxygens (including phenoxy) is 1. The minimum absolute atomic E-state index is 0.0460. The van der Waals surface area contributed by atoms with E-state index in [0.717, 1.165) is 5.56 Å². The molecule has 0 saturated carbocycles. The quantitative estimate of drug-likeness (QED) is 0.708. The first kappa shape index (κ1) is 21.0. The molecule has 3 N–H and O–H groups in total. The topological polar surface area (TPSA) is 81.8 Å². The number of carbonyl (C=O) groups is 1. The van der Waals surface area contributed by atoms with Crippen molar-refractivity contribution in [3.8, 4) is 17.2 Å². The fraction of sp³-hybridized carbons (Fsp3) is 0.381. The standard InChI is InChI=1S/C21H29NO4Si/c1-21(2,3)27(4,5)26-20(24)19(22)14-15-6-10-17(11-7-15)25-18-12-8-16(23)9-13-18/h6-13,19,23H,14,22H2,1-5H3. The first-order valence-corrected chi connectivity index (χ1v) is 11.9. The highest BCUT2D eigenvalue weighted by Crippen LogP contribution is 2.36. The lowest BCUT2D eigenvalue weighted by atomic mass is 10.1. The van der Waals surface area contributed by atoms with E-state index in [1.165, 1.54) is 0 Å². The van der Waals surface area contributed by atoms with Gasteiger partial charge in [0.05, 0.1) is 0 Å². The average Bonchev–Trinajstić information content (AvgIpc) is 2.57. The Hall–Kier alpha value is -2.31. The fourth-order valence-electron chi connectivity index (χ4n) is 2.16. The van der Waals surface area contributed by atoms with Crippen molar-refractivity contribution >= 4 is 14.3 Å². The van der Waals surface area contributed by atoms with E-state index in [4.69, 9.17) is 14.9 Å². The van der Waals surface area contributed by atoms with E-state index in [2.05, 4.69) is 20.8 Å². The summed E-state index contributed by atoms with van der Waals surface area (Å²) in [5.41, 5.74) is 7.01.